The molecular weight excluding hydrogens is 432 g/mol. The van der Waals surface area contributed by atoms with Crippen LogP contribution in [-0.4, -0.2) is 43.7 Å². The third-order valence-electron chi connectivity index (χ3n) is 5.86. The molecule has 3 aromatic carbocycles. The normalized spacial score (nSPS) is 15.0. The van der Waals surface area contributed by atoms with Gasteiger partial charge >= 0.3 is 6.09 Å². The average molecular weight is 461 g/mol. The molecule has 1 atom stereocenters. The molecule has 0 saturated carbocycles. The fourth-order valence-electron chi connectivity index (χ4n) is 4.19. The van der Waals surface area contributed by atoms with Crippen molar-refractivity contribution in [2.75, 3.05) is 26.1 Å². The average Bonchev–Trinajstić information content (AvgIpc) is 3.38. The van der Waals surface area contributed by atoms with Gasteiger partial charge in [-0.25, -0.2) is 4.79 Å². The third kappa shape index (κ3) is 4.98. The van der Waals surface area contributed by atoms with Crippen molar-refractivity contribution in [1.29, 1.82) is 0 Å². The summed E-state index contributed by atoms with van der Waals surface area (Å²) in [6.45, 7) is 0.635. The summed E-state index contributed by atoms with van der Waals surface area (Å²) in [6, 6.07) is 22.3. The number of nitrogens with zero attached hydrogens (tertiary/aromatic N) is 1. The molecule has 176 valence electrons. The number of hydrogen-bond donors (Lipinski definition) is 1. The van der Waals surface area contributed by atoms with Gasteiger partial charge < -0.3 is 19.5 Å². The molecule has 1 aliphatic heterocycles. The van der Waals surface area contributed by atoms with Gasteiger partial charge in [0.2, 0.25) is 5.91 Å². The van der Waals surface area contributed by atoms with Crippen LogP contribution in [0.3, 0.4) is 0 Å². The fourth-order valence-corrected chi connectivity index (χ4v) is 4.19. The van der Waals surface area contributed by atoms with E-state index in [1.165, 1.54) is 12.0 Å². The maximum atomic E-state index is 13.2. The SMILES string of the molecule is COc1c(NC(=O)C2CCCN2C(=O)OCc2ccccc2)ccc(-c2ccccc2)c1OC. The van der Waals surface area contributed by atoms with Crippen molar-refractivity contribution in [3.63, 3.8) is 0 Å². The number of carbonyl (C=O) groups excluding carboxylic acids is 2. The predicted molar refractivity (Wildman–Crippen MR) is 130 cm³/mol. The van der Waals surface area contributed by atoms with E-state index < -0.39 is 12.1 Å². The monoisotopic (exact) mass is 460 g/mol. The van der Waals surface area contributed by atoms with Crippen molar-refractivity contribution < 1.29 is 23.8 Å². The Morgan fingerprint density at radius 2 is 1.59 bits per heavy atom. The van der Waals surface area contributed by atoms with Crippen LogP contribution in [0.15, 0.2) is 72.8 Å². The van der Waals surface area contributed by atoms with Crippen LogP contribution in [0, 0.1) is 0 Å². The lowest BCUT2D eigenvalue weighted by molar-refractivity contribution is -0.120. The second-order valence-electron chi connectivity index (χ2n) is 7.97. The summed E-state index contributed by atoms with van der Waals surface area (Å²) in [5, 5.41) is 2.92. The lowest BCUT2D eigenvalue weighted by atomic mass is 10.0. The Hall–Kier alpha value is -4.00. The first-order valence-electron chi connectivity index (χ1n) is 11.2. The smallest absolute Gasteiger partial charge is 0.410 e. The Balaban J connectivity index is 1.49. The Labute approximate surface area is 199 Å². The first kappa shape index (κ1) is 23.2. The zero-order valence-corrected chi connectivity index (χ0v) is 19.3. The standard InChI is InChI=1S/C27H28N2O5/c1-32-24-21(20-12-7-4-8-13-20)15-16-22(25(24)33-2)28-26(30)23-14-9-17-29(23)27(31)34-18-19-10-5-3-6-11-19/h3-8,10-13,15-16,23H,9,14,17-18H2,1-2H3,(H,28,30). The maximum Gasteiger partial charge on any atom is 0.410 e. The summed E-state index contributed by atoms with van der Waals surface area (Å²) in [5.74, 6) is 0.660. The van der Waals surface area contributed by atoms with E-state index in [0.717, 1.165) is 23.1 Å². The molecule has 0 spiro atoms. The molecule has 34 heavy (non-hydrogen) atoms. The van der Waals surface area contributed by atoms with Crippen molar-refractivity contribution in [1.82, 2.24) is 4.90 Å². The molecule has 1 saturated heterocycles. The first-order chi connectivity index (χ1) is 16.6. The third-order valence-corrected chi connectivity index (χ3v) is 5.86. The van der Waals surface area contributed by atoms with Gasteiger partial charge in [0.15, 0.2) is 11.5 Å². The molecule has 1 heterocycles. The summed E-state index contributed by atoms with van der Waals surface area (Å²) >= 11 is 0. The van der Waals surface area contributed by atoms with Gasteiger partial charge in [-0.05, 0) is 36.1 Å². The molecule has 1 unspecified atom stereocenters. The molecule has 7 nitrogen and oxygen atoms in total. The number of nitrogens with one attached hydrogen (secondary N) is 1. The summed E-state index contributed by atoms with van der Waals surface area (Å²) < 4.78 is 16.7. The van der Waals surface area contributed by atoms with E-state index in [1.54, 1.807) is 13.2 Å². The molecule has 0 aromatic heterocycles. The van der Waals surface area contributed by atoms with E-state index >= 15 is 0 Å². The van der Waals surface area contributed by atoms with Crippen LogP contribution in [0.2, 0.25) is 0 Å². The quantitative estimate of drug-likeness (QED) is 0.530. The number of benzene rings is 3. The second-order valence-corrected chi connectivity index (χ2v) is 7.97. The highest BCUT2D eigenvalue weighted by atomic mass is 16.6. The Kier molecular flexibility index (Phi) is 7.32. The maximum absolute atomic E-state index is 13.2. The molecule has 1 N–H and O–H groups in total. The Morgan fingerprint density at radius 1 is 0.912 bits per heavy atom. The van der Waals surface area contributed by atoms with E-state index in [-0.39, 0.29) is 12.5 Å². The zero-order chi connectivity index (χ0) is 23.9. The van der Waals surface area contributed by atoms with E-state index in [9.17, 15) is 9.59 Å². The second kappa shape index (κ2) is 10.7. The van der Waals surface area contributed by atoms with E-state index in [1.807, 2.05) is 66.7 Å². The Bertz CT molecular complexity index is 1130. The van der Waals surface area contributed by atoms with Gasteiger partial charge in [0.25, 0.3) is 0 Å². The molecule has 7 heteroatoms. The van der Waals surface area contributed by atoms with E-state index in [2.05, 4.69) is 5.32 Å². The van der Waals surface area contributed by atoms with Crippen LogP contribution in [0.25, 0.3) is 11.1 Å². The predicted octanol–water partition coefficient (Wildman–Crippen LogP) is 5.11. The number of ether oxygens (including phenoxy) is 3. The van der Waals surface area contributed by atoms with Gasteiger partial charge in [0.1, 0.15) is 12.6 Å². The first-order valence-corrected chi connectivity index (χ1v) is 11.2. The van der Waals surface area contributed by atoms with Crippen molar-refractivity contribution >= 4 is 17.7 Å². The lowest BCUT2D eigenvalue weighted by Gasteiger charge is -2.24. The zero-order valence-electron chi connectivity index (χ0n) is 19.3. The van der Waals surface area contributed by atoms with Gasteiger partial charge in [-0.3, -0.25) is 9.69 Å². The number of rotatable bonds is 7. The molecule has 0 aliphatic carbocycles. The van der Waals surface area contributed by atoms with Crippen molar-refractivity contribution in [3.05, 3.63) is 78.4 Å². The number of likely N-dealkylation sites (tertiary alicyclic amines) is 1. The van der Waals surface area contributed by atoms with Crippen LogP contribution in [0.4, 0.5) is 10.5 Å². The largest absolute Gasteiger partial charge is 0.492 e. The van der Waals surface area contributed by atoms with Crippen LogP contribution >= 0.6 is 0 Å². The van der Waals surface area contributed by atoms with Crippen LogP contribution in [0.1, 0.15) is 18.4 Å². The van der Waals surface area contributed by atoms with Gasteiger partial charge in [0.05, 0.1) is 19.9 Å². The van der Waals surface area contributed by atoms with Gasteiger partial charge in [0, 0.05) is 12.1 Å². The van der Waals surface area contributed by atoms with Crippen molar-refractivity contribution in [2.24, 2.45) is 0 Å². The highest BCUT2D eigenvalue weighted by Gasteiger charge is 2.35. The molecule has 3 aromatic rings. The molecule has 4 rings (SSSR count). The summed E-state index contributed by atoms with van der Waals surface area (Å²) in [7, 11) is 3.10. The number of anilines is 1. The molecule has 1 aliphatic rings. The fraction of sp³-hybridized carbons (Fsp3) is 0.259. The van der Waals surface area contributed by atoms with Gasteiger partial charge in [-0.2, -0.15) is 0 Å². The summed E-state index contributed by atoms with van der Waals surface area (Å²) in [5.41, 5.74) is 3.20. The summed E-state index contributed by atoms with van der Waals surface area (Å²) in [4.78, 5) is 27.3. The molecule has 0 radical (unpaired) electrons. The summed E-state index contributed by atoms with van der Waals surface area (Å²) in [6.07, 6.45) is 0.796. The highest BCUT2D eigenvalue weighted by molar-refractivity contribution is 5.99. The van der Waals surface area contributed by atoms with Crippen molar-refractivity contribution in [2.45, 2.75) is 25.5 Å². The van der Waals surface area contributed by atoms with Crippen molar-refractivity contribution in [3.8, 4) is 22.6 Å². The topological polar surface area (TPSA) is 77.1 Å². The molecule has 0 bridgehead atoms. The minimum atomic E-state index is -0.618. The van der Waals surface area contributed by atoms with Crippen LogP contribution in [0.5, 0.6) is 11.5 Å². The molecule has 2 amide bonds. The molecule has 1 fully saturated rings. The van der Waals surface area contributed by atoms with Gasteiger partial charge in [-0.15, -0.1) is 0 Å². The van der Waals surface area contributed by atoms with Crippen LogP contribution < -0.4 is 14.8 Å². The van der Waals surface area contributed by atoms with Crippen LogP contribution in [-0.2, 0) is 16.1 Å². The highest BCUT2D eigenvalue weighted by Crippen LogP contribution is 2.43. The lowest BCUT2D eigenvalue weighted by Crippen LogP contribution is -2.43. The minimum absolute atomic E-state index is 0.163. The minimum Gasteiger partial charge on any atom is -0.492 e. The van der Waals surface area contributed by atoms with E-state index in [0.29, 0.717) is 30.2 Å². The Morgan fingerprint density at radius 3 is 2.26 bits per heavy atom. The van der Waals surface area contributed by atoms with E-state index in [4.69, 9.17) is 14.2 Å². The number of carbonyl (C=O) groups is 2. The van der Waals surface area contributed by atoms with Gasteiger partial charge in [-0.1, -0.05) is 60.7 Å². The number of hydrogen-bond acceptors (Lipinski definition) is 5. The number of methoxy groups -OCH3 is 2. The molecular formula is C27H28N2O5. The number of amides is 2.